The zero-order chi connectivity index (χ0) is 34.8. The number of sulfonamides is 1. The van der Waals surface area contributed by atoms with E-state index in [2.05, 4.69) is 5.32 Å². The molecule has 1 N–H and O–H groups in total. The molecule has 0 saturated carbocycles. The summed E-state index contributed by atoms with van der Waals surface area (Å²) in [5.74, 6) is 0.201. The quantitative estimate of drug-likeness (QED) is 0.130. The Labute approximate surface area is 293 Å². The molecule has 5 rings (SSSR count). The van der Waals surface area contributed by atoms with Crippen LogP contribution in [0.2, 0.25) is 5.02 Å². The molecule has 0 saturated heterocycles. The van der Waals surface area contributed by atoms with Gasteiger partial charge in [0.1, 0.15) is 24.1 Å². The molecule has 0 aliphatic heterocycles. The second-order valence-electron chi connectivity index (χ2n) is 11.8. The van der Waals surface area contributed by atoms with Crippen LogP contribution in [0, 0.1) is 0 Å². The van der Waals surface area contributed by atoms with Crippen LogP contribution in [0.1, 0.15) is 25.0 Å². The van der Waals surface area contributed by atoms with Gasteiger partial charge >= 0.3 is 0 Å². The van der Waals surface area contributed by atoms with Crippen LogP contribution >= 0.6 is 11.6 Å². The first-order chi connectivity index (χ1) is 23.6. The van der Waals surface area contributed by atoms with Gasteiger partial charge in [0.2, 0.25) is 11.8 Å². The SMILES string of the molecule is CC(C)NC(=O)[C@H](Cc1ccccc1)N(Cc1cccc(Cl)c1)C(=O)CN(c1ccc(Oc2ccccc2)cc1)S(=O)(=O)c1ccccc1. The highest BCUT2D eigenvalue weighted by Crippen LogP contribution is 2.29. The van der Waals surface area contributed by atoms with Gasteiger partial charge in [0.25, 0.3) is 10.0 Å². The van der Waals surface area contributed by atoms with E-state index in [1.807, 2.05) is 80.6 Å². The van der Waals surface area contributed by atoms with Crippen molar-refractivity contribution in [2.75, 3.05) is 10.8 Å². The van der Waals surface area contributed by atoms with Crippen LogP contribution in [0.15, 0.2) is 144 Å². The Morgan fingerprint density at radius 1 is 0.735 bits per heavy atom. The van der Waals surface area contributed by atoms with Gasteiger partial charge in [0, 0.05) is 24.0 Å². The van der Waals surface area contributed by atoms with Gasteiger partial charge in [-0.3, -0.25) is 13.9 Å². The van der Waals surface area contributed by atoms with Gasteiger partial charge in [-0.1, -0.05) is 90.5 Å². The fraction of sp³-hybridized carbons (Fsp3) is 0.179. The smallest absolute Gasteiger partial charge is 0.264 e. The van der Waals surface area contributed by atoms with E-state index in [4.69, 9.17) is 16.3 Å². The molecule has 1 atom stereocenters. The Hall–Kier alpha value is -5.12. The molecule has 5 aromatic carbocycles. The van der Waals surface area contributed by atoms with E-state index in [-0.39, 0.29) is 35.5 Å². The molecule has 0 aromatic heterocycles. The molecule has 252 valence electrons. The third-order valence-corrected chi connectivity index (χ3v) is 9.68. The molecule has 0 aliphatic carbocycles. The summed E-state index contributed by atoms with van der Waals surface area (Å²) < 4.78 is 35.5. The molecule has 0 heterocycles. The van der Waals surface area contributed by atoms with Crippen molar-refractivity contribution >= 4 is 39.1 Å². The minimum absolute atomic E-state index is 0.0193. The third kappa shape index (κ3) is 9.49. The van der Waals surface area contributed by atoms with Gasteiger partial charge in [-0.05, 0) is 85.6 Å². The van der Waals surface area contributed by atoms with E-state index in [1.165, 1.54) is 17.0 Å². The lowest BCUT2D eigenvalue weighted by atomic mass is 10.0. The molecule has 10 heteroatoms. The number of nitrogens with one attached hydrogen (secondary N) is 1. The van der Waals surface area contributed by atoms with Crippen molar-refractivity contribution < 1.29 is 22.7 Å². The number of rotatable bonds is 14. The molecule has 2 amide bonds. The molecule has 0 radical (unpaired) electrons. The summed E-state index contributed by atoms with van der Waals surface area (Å²) in [7, 11) is -4.23. The Kier molecular flexibility index (Phi) is 11.7. The maximum Gasteiger partial charge on any atom is 0.264 e. The predicted molar refractivity (Wildman–Crippen MR) is 193 cm³/mol. The number of carbonyl (C=O) groups is 2. The molecule has 49 heavy (non-hydrogen) atoms. The molecule has 0 aliphatic rings. The molecule has 8 nitrogen and oxygen atoms in total. The van der Waals surface area contributed by atoms with Gasteiger partial charge in [0.05, 0.1) is 10.6 Å². The van der Waals surface area contributed by atoms with Crippen molar-refractivity contribution in [1.29, 1.82) is 0 Å². The van der Waals surface area contributed by atoms with Crippen LogP contribution in [-0.2, 0) is 32.6 Å². The number of nitrogens with zero attached hydrogens (tertiary/aromatic N) is 2. The van der Waals surface area contributed by atoms with Crippen LogP contribution in [0.4, 0.5) is 5.69 Å². The normalized spacial score (nSPS) is 11.8. The second kappa shape index (κ2) is 16.3. The minimum Gasteiger partial charge on any atom is -0.457 e. The standard InChI is InChI=1S/C39H38ClN3O5S/c1-29(2)41-39(45)37(26-30-13-6-3-7-14-30)42(27-31-15-12-16-32(40)25-31)38(44)28-43(49(46,47)36-19-10-5-11-20-36)33-21-23-35(24-22-33)48-34-17-8-4-9-18-34/h3-25,29,37H,26-28H2,1-2H3,(H,41,45)/t37-/m0/s1. The Balaban J connectivity index is 1.55. The Morgan fingerprint density at radius 2 is 1.31 bits per heavy atom. The number of para-hydroxylation sites is 1. The summed E-state index contributed by atoms with van der Waals surface area (Å²) in [6.45, 7) is 3.14. The van der Waals surface area contributed by atoms with Crippen molar-refractivity contribution in [3.8, 4) is 11.5 Å². The zero-order valence-electron chi connectivity index (χ0n) is 27.3. The average Bonchev–Trinajstić information content (AvgIpc) is 3.10. The number of hydrogen-bond acceptors (Lipinski definition) is 5. The summed E-state index contributed by atoms with van der Waals surface area (Å²) in [4.78, 5) is 29.9. The van der Waals surface area contributed by atoms with Crippen LogP contribution < -0.4 is 14.4 Å². The minimum atomic E-state index is -4.23. The van der Waals surface area contributed by atoms with E-state index in [1.54, 1.807) is 60.7 Å². The van der Waals surface area contributed by atoms with Crippen molar-refractivity contribution in [3.63, 3.8) is 0 Å². The molecular formula is C39H38ClN3O5S. The van der Waals surface area contributed by atoms with Crippen molar-refractivity contribution in [2.45, 2.75) is 43.8 Å². The van der Waals surface area contributed by atoms with E-state index in [0.717, 1.165) is 9.87 Å². The van der Waals surface area contributed by atoms with Gasteiger partial charge < -0.3 is 15.0 Å². The van der Waals surface area contributed by atoms with E-state index in [9.17, 15) is 18.0 Å². The Bertz CT molecular complexity index is 1940. The maximum atomic E-state index is 14.6. The number of ether oxygens (including phenoxy) is 1. The number of benzene rings is 5. The molecule has 0 bridgehead atoms. The van der Waals surface area contributed by atoms with Gasteiger partial charge in [-0.25, -0.2) is 8.42 Å². The summed E-state index contributed by atoms with van der Waals surface area (Å²) in [6.07, 6.45) is 0.211. The van der Waals surface area contributed by atoms with Gasteiger partial charge in [-0.15, -0.1) is 0 Å². The first-order valence-corrected chi connectivity index (χ1v) is 17.7. The van der Waals surface area contributed by atoms with Crippen molar-refractivity contribution in [2.24, 2.45) is 0 Å². The Morgan fingerprint density at radius 3 is 1.92 bits per heavy atom. The lowest BCUT2D eigenvalue weighted by Gasteiger charge is -2.34. The highest BCUT2D eigenvalue weighted by molar-refractivity contribution is 7.92. The lowest BCUT2D eigenvalue weighted by Crippen LogP contribution is -2.54. The summed E-state index contributed by atoms with van der Waals surface area (Å²) in [5, 5.41) is 3.43. The first-order valence-electron chi connectivity index (χ1n) is 15.9. The number of hydrogen-bond donors (Lipinski definition) is 1. The molecule has 0 unspecified atom stereocenters. The maximum absolute atomic E-state index is 14.6. The van der Waals surface area contributed by atoms with Crippen molar-refractivity contribution in [1.82, 2.24) is 10.2 Å². The summed E-state index contributed by atoms with van der Waals surface area (Å²) in [6, 6.07) is 38.9. The monoisotopic (exact) mass is 695 g/mol. The largest absolute Gasteiger partial charge is 0.457 e. The summed E-state index contributed by atoms with van der Waals surface area (Å²) >= 11 is 6.32. The van der Waals surface area contributed by atoms with Crippen LogP contribution in [0.25, 0.3) is 0 Å². The fourth-order valence-electron chi connectivity index (χ4n) is 5.32. The predicted octanol–water partition coefficient (Wildman–Crippen LogP) is 7.49. The van der Waals surface area contributed by atoms with Crippen LogP contribution in [-0.4, -0.2) is 43.8 Å². The molecule has 0 fully saturated rings. The zero-order valence-corrected chi connectivity index (χ0v) is 28.8. The summed E-state index contributed by atoms with van der Waals surface area (Å²) in [5.41, 5.74) is 1.79. The highest BCUT2D eigenvalue weighted by Gasteiger charge is 2.35. The topological polar surface area (TPSA) is 96.0 Å². The first kappa shape index (κ1) is 35.2. The van der Waals surface area contributed by atoms with E-state index < -0.39 is 28.5 Å². The van der Waals surface area contributed by atoms with Gasteiger partial charge in [-0.2, -0.15) is 0 Å². The number of amides is 2. The van der Waals surface area contributed by atoms with E-state index in [0.29, 0.717) is 22.1 Å². The third-order valence-electron chi connectivity index (χ3n) is 7.66. The lowest BCUT2D eigenvalue weighted by molar-refractivity contribution is -0.140. The van der Waals surface area contributed by atoms with Crippen molar-refractivity contribution in [3.05, 3.63) is 156 Å². The van der Waals surface area contributed by atoms with Crippen LogP contribution in [0.5, 0.6) is 11.5 Å². The molecule has 5 aromatic rings. The number of halogens is 1. The molecule has 0 spiro atoms. The van der Waals surface area contributed by atoms with Crippen LogP contribution in [0.3, 0.4) is 0 Å². The highest BCUT2D eigenvalue weighted by atomic mass is 35.5. The average molecular weight is 696 g/mol. The molecular weight excluding hydrogens is 658 g/mol. The second-order valence-corrected chi connectivity index (χ2v) is 14.1. The van der Waals surface area contributed by atoms with Gasteiger partial charge in [0.15, 0.2) is 0 Å². The number of anilines is 1. The van der Waals surface area contributed by atoms with E-state index >= 15 is 0 Å². The fourth-order valence-corrected chi connectivity index (χ4v) is 6.97. The number of carbonyl (C=O) groups excluding carboxylic acids is 2.